The molecule has 0 spiro atoms. The van der Waals surface area contributed by atoms with Crippen LogP contribution in [0.4, 0.5) is 5.69 Å². The van der Waals surface area contributed by atoms with E-state index in [0.717, 1.165) is 17.2 Å². The van der Waals surface area contributed by atoms with Gasteiger partial charge >= 0.3 is 0 Å². The Kier molecular flexibility index (Phi) is 3.53. The van der Waals surface area contributed by atoms with Crippen LogP contribution in [0.15, 0.2) is 41.3 Å². The molecule has 19 heavy (non-hydrogen) atoms. The predicted molar refractivity (Wildman–Crippen MR) is 77.0 cm³/mol. The molecule has 3 heteroatoms. The van der Waals surface area contributed by atoms with E-state index in [2.05, 4.69) is 41.5 Å². The Morgan fingerprint density at radius 2 is 2.11 bits per heavy atom. The van der Waals surface area contributed by atoms with Crippen LogP contribution in [0.25, 0.3) is 11.3 Å². The Morgan fingerprint density at radius 3 is 2.74 bits per heavy atom. The summed E-state index contributed by atoms with van der Waals surface area (Å²) in [6, 6.07) is 9.04. The largest absolute Gasteiger partial charge is 0.444 e. The van der Waals surface area contributed by atoms with Crippen molar-refractivity contribution in [2.45, 2.75) is 38.6 Å². The lowest BCUT2D eigenvalue weighted by atomic mass is 10.1. The highest BCUT2D eigenvalue weighted by Crippen LogP contribution is 2.30. The average Bonchev–Trinajstić information content (AvgIpc) is 3.10. The molecule has 0 radical (unpaired) electrons. The van der Waals surface area contributed by atoms with E-state index in [0.29, 0.717) is 6.04 Å². The van der Waals surface area contributed by atoms with Crippen LogP contribution in [-0.4, -0.2) is 11.0 Å². The minimum Gasteiger partial charge on any atom is -0.444 e. The third kappa shape index (κ3) is 2.80. The van der Waals surface area contributed by atoms with Crippen LogP contribution in [0.1, 0.15) is 32.6 Å². The van der Waals surface area contributed by atoms with E-state index in [4.69, 9.17) is 4.42 Å². The number of nitrogens with zero attached hydrogens (tertiary/aromatic N) is 1. The summed E-state index contributed by atoms with van der Waals surface area (Å²) in [4.78, 5) is 3.94. The zero-order chi connectivity index (χ0) is 13.1. The maximum Gasteiger partial charge on any atom is 0.181 e. The molecular weight excluding hydrogens is 236 g/mol. The van der Waals surface area contributed by atoms with Gasteiger partial charge in [-0.2, -0.15) is 0 Å². The summed E-state index contributed by atoms with van der Waals surface area (Å²) in [5.74, 6) is 1.73. The Labute approximate surface area is 114 Å². The lowest BCUT2D eigenvalue weighted by molar-refractivity contribution is 0.525. The molecular formula is C16H20N2O. The van der Waals surface area contributed by atoms with E-state index in [-0.39, 0.29) is 0 Å². The zero-order valence-electron chi connectivity index (χ0n) is 11.3. The normalized spacial score (nSPS) is 22.6. The number of aromatic nitrogens is 1. The van der Waals surface area contributed by atoms with Gasteiger partial charge in [0.25, 0.3) is 0 Å². The third-order valence-electron chi connectivity index (χ3n) is 4.09. The van der Waals surface area contributed by atoms with Crippen LogP contribution in [0.2, 0.25) is 0 Å². The first-order valence-electron chi connectivity index (χ1n) is 7.10. The summed E-state index contributed by atoms with van der Waals surface area (Å²) in [6.45, 7) is 2.29. The van der Waals surface area contributed by atoms with Crippen molar-refractivity contribution in [3.05, 3.63) is 36.9 Å². The molecule has 1 heterocycles. The minimum atomic E-state index is 0.640. The topological polar surface area (TPSA) is 38.1 Å². The van der Waals surface area contributed by atoms with Crippen LogP contribution in [0, 0.1) is 5.92 Å². The van der Waals surface area contributed by atoms with Gasteiger partial charge in [-0.05, 0) is 49.4 Å². The molecule has 0 saturated heterocycles. The van der Waals surface area contributed by atoms with Crippen molar-refractivity contribution in [3.8, 4) is 11.3 Å². The molecule has 0 bridgehead atoms. The standard InChI is InChI=1S/C16H20N2O/c1-2-12-3-6-15(9-12)18-14-7-4-13(5-8-14)16-10-17-11-19-16/h4-5,7-8,10-12,15,18H,2-3,6,9H2,1H3. The van der Waals surface area contributed by atoms with Crippen molar-refractivity contribution in [1.82, 2.24) is 4.98 Å². The lowest BCUT2D eigenvalue weighted by Crippen LogP contribution is -2.15. The van der Waals surface area contributed by atoms with Gasteiger partial charge in [0.2, 0.25) is 0 Å². The van der Waals surface area contributed by atoms with Gasteiger partial charge in [-0.1, -0.05) is 13.3 Å². The minimum absolute atomic E-state index is 0.640. The van der Waals surface area contributed by atoms with Gasteiger partial charge in [0, 0.05) is 17.3 Å². The smallest absolute Gasteiger partial charge is 0.181 e. The maximum absolute atomic E-state index is 5.29. The van der Waals surface area contributed by atoms with E-state index in [9.17, 15) is 0 Å². The summed E-state index contributed by atoms with van der Waals surface area (Å²) in [6.07, 6.45) is 8.48. The predicted octanol–water partition coefficient (Wildman–Crippen LogP) is 4.33. The summed E-state index contributed by atoms with van der Waals surface area (Å²) >= 11 is 0. The molecule has 1 N–H and O–H groups in total. The SMILES string of the molecule is CCC1CCC(Nc2ccc(-c3cnco3)cc2)C1. The Hall–Kier alpha value is -1.77. The fraction of sp³-hybridized carbons (Fsp3) is 0.438. The molecule has 2 unspecified atom stereocenters. The van der Waals surface area contributed by atoms with Gasteiger partial charge in [-0.3, -0.25) is 0 Å². The molecule has 2 atom stereocenters. The Bertz CT molecular complexity index is 504. The zero-order valence-corrected chi connectivity index (χ0v) is 11.3. The van der Waals surface area contributed by atoms with Crippen molar-refractivity contribution >= 4 is 5.69 Å². The van der Waals surface area contributed by atoms with Gasteiger partial charge < -0.3 is 9.73 Å². The molecule has 0 aliphatic heterocycles. The molecule has 2 aromatic rings. The Balaban J connectivity index is 1.63. The molecule has 1 aromatic carbocycles. The van der Waals surface area contributed by atoms with Gasteiger partial charge in [0.15, 0.2) is 12.2 Å². The van der Waals surface area contributed by atoms with E-state index in [1.807, 2.05) is 0 Å². The molecule has 1 aliphatic carbocycles. The van der Waals surface area contributed by atoms with Gasteiger partial charge in [-0.15, -0.1) is 0 Å². The van der Waals surface area contributed by atoms with Crippen molar-refractivity contribution in [2.75, 3.05) is 5.32 Å². The van der Waals surface area contributed by atoms with Crippen molar-refractivity contribution in [3.63, 3.8) is 0 Å². The highest BCUT2D eigenvalue weighted by molar-refractivity contribution is 5.60. The van der Waals surface area contributed by atoms with Crippen molar-refractivity contribution in [1.29, 1.82) is 0 Å². The van der Waals surface area contributed by atoms with Crippen LogP contribution in [0.5, 0.6) is 0 Å². The number of hydrogen-bond donors (Lipinski definition) is 1. The Morgan fingerprint density at radius 1 is 1.26 bits per heavy atom. The maximum atomic E-state index is 5.29. The molecule has 0 amide bonds. The monoisotopic (exact) mass is 256 g/mol. The summed E-state index contributed by atoms with van der Waals surface area (Å²) < 4.78 is 5.29. The molecule has 1 fully saturated rings. The fourth-order valence-electron chi connectivity index (χ4n) is 2.90. The highest BCUT2D eigenvalue weighted by atomic mass is 16.3. The molecule has 1 aromatic heterocycles. The fourth-order valence-corrected chi connectivity index (χ4v) is 2.90. The summed E-state index contributed by atoms with van der Waals surface area (Å²) in [7, 11) is 0. The average molecular weight is 256 g/mol. The number of nitrogens with one attached hydrogen (secondary N) is 1. The second kappa shape index (κ2) is 5.47. The quantitative estimate of drug-likeness (QED) is 0.884. The van der Waals surface area contributed by atoms with E-state index < -0.39 is 0 Å². The molecule has 3 nitrogen and oxygen atoms in total. The second-order valence-corrected chi connectivity index (χ2v) is 5.37. The molecule has 1 saturated carbocycles. The van der Waals surface area contributed by atoms with Crippen molar-refractivity contribution < 1.29 is 4.42 Å². The van der Waals surface area contributed by atoms with Crippen LogP contribution in [-0.2, 0) is 0 Å². The first-order chi connectivity index (χ1) is 9.35. The summed E-state index contributed by atoms with van der Waals surface area (Å²) in [5, 5.41) is 3.63. The molecule has 3 rings (SSSR count). The first kappa shape index (κ1) is 12.3. The van der Waals surface area contributed by atoms with E-state index >= 15 is 0 Å². The lowest BCUT2D eigenvalue weighted by Gasteiger charge is -2.14. The van der Waals surface area contributed by atoms with Gasteiger partial charge in [0.05, 0.1) is 6.20 Å². The number of rotatable bonds is 4. The number of anilines is 1. The number of oxazole rings is 1. The van der Waals surface area contributed by atoms with Crippen LogP contribution < -0.4 is 5.32 Å². The van der Waals surface area contributed by atoms with Crippen LogP contribution >= 0.6 is 0 Å². The number of hydrogen-bond acceptors (Lipinski definition) is 3. The molecule has 1 aliphatic rings. The van der Waals surface area contributed by atoms with E-state index in [1.54, 1.807) is 6.20 Å². The number of benzene rings is 1. The van der Waals surface area contributed by atoms with E-state index in [1.165, 1.54) is 37.8 Å². The third-order valence-corrected chi connectivity index (χ3v) is 4.09. The van der Waals surface area contributed by atoms with Gasteiger partial charge in [-0.25, -0.2) is 4.98 Å². The van der Waals surface area contributed by atoms with Crippen LogP contribution in [0.3, 0.4) is 0 Å². The second-order valence-electron chi connectivity index (χ2n) is 5.37. The van der Waals surface area contributed by atoms with Crippen molar-refractivity contribution in [2.24, 2.45) is 5.92 Å². The first-order valence-corrected chi connectivity index (χ1v) is 7.10. The highest BCUT2D eigenvalue weighted by Gasteiger charge is 2.22. The molecule has 100 valence electrons. The summed E-state index contributed by atoms with van der Waals surface area (Å²) in [5.41, 5.74) is 2.27. The van der Waals surface area contributed by atoms with Gasteiger partial charge in [0.1, 0.15) is 0 Å².